The standard InChI is InChI=1S/C20H27N3O5S/c1-2-3-15-29(27,28)22-13-11-21(12-14-22)18(24)9-6-10-23-19(25)16-7-4-5-8-17(16)20(23)26/h4-5,7-8H,2-3,6,9-15H2,1H3. The number of hydrogen-bond acceptors (Lipinski definition) is 5. The minimum absolute atomic E-state index is 0.0767. The fraction of sp³-hybridized carbons (Fsp3) is 0.550. The summed E-state index contributed by atoms with van der Waals surface area (Å²) in [5.74, 6) is -0.558. The van der Waals surface area contributed by atoms with E-state index < -0.39 is 10.0 Å². The monoisotopic (exact) mass is 421 g/mol. The number of nitrogens with zero attached hydrogens (tertiary/aromatic N) is 3. The lowest BCUT2D eigenvalue weighted by Gasteiger charge is -2.34. The molecule has 29 heavy (non-hydrogen) atoms. The highest BCUT2D eigenvalue weighted by atomic mass is 32.2. The van der Waals surface area contributed by atoms with Crippen LogP contribution in [-0.2, 0) is 14.8 Å². The molecule has 2 heterocycles. The van der Waals surface area contributed by atoms with Crippen LogP contribution in [0.1, 0.15) is 53.3 Å². The molecule has 0 atom stereocenters. The van der Waals surface area contributed by atoms with Gasteiger partial charge in [-0.25, -0.2) is 8.42 Å². The number of sulfonamides is 1. The van der Waals surface area contributed by atoms with Gasteiger partial charge in [0.1, 0.15) is 0 Å². The summed E-state index contributed by atoms with van der Waals surface area (Å²) in [4.78, 5) is 40.0. The highest BCUT2D eigenvalue weighted by molar-refractivity contribution is 7.89. The van der Waals surface area contributed by atoms with Gasteiger partial charge in [-0.2, -0.15) is 4.31 Å². The molecule has 1 aromatic rings. The summed E-state index contributed by atoms with van der Waals surface area (Å²) in [6.07, 6.45) is 2.07. The van der Waals surface area contributed by atoms with E-state index >= 15 is 0 Å². The largest absolute Gasteiger partial charge is 0.340 e. The molecule has 1 fully saturated rings. The minimum Gasteiger partial charge on any atom is -0.340 e. The van der Waals surface area contributed by atoms with E-state index in [1.807, 2.05) is 6.92 Å². The molecule has 0 unspecified atom stereocenters. The van der Waals surface area contributed by atoms with Gasteiger partial charge in [0, 0.05) is 39.1 Å². The summed E-state index contributed by atoms with van der Waals surface area (Å²) in [6.45, 7) is 3.53. The van der Waals surface area contributed by atoms with E-state index in [9.17, 15) is 22.8 Å². The zero-order chi connectivity index (χ0) is 21.0. The lowest BCUT2D eigenvalue weighted by molar-refractivity contribution is -0.132. The van der Waals surface area contributed by atoms with Crippen LogP contribution in [0, 0.1) is 0 Å². The van der Waals surface area contributed by atoms with Crippen LogP contribution in [0.3, 0.4) is 0 Å². The molecule has 2 aliphatic heterocycles. The van der Waals surface area contributed by atoms with Gasteiger partial charge in [-0.05, 0) is 25.0 Å². The second kappa shape index (κ2) is 9.04. The predicted octanol–water partition coefficient (Wildman–Crippen LogP) is 1.34. The first kappa shape index (κ1) is 21.4. The van der Waals surface area contributed by atoms with Crippen LogP contribution in [0.4, 0.5) is 0 Å². The normalized spacial score (nSPS) is 17.7. The molecule has 8 nitrogen and oxygen atoms in total. The first-order valence-electron chi connectivity index (χ1n) is 10.1. The third-order valence-corrected chi connectivity index (χ3v) is 7.35. The molecular weight excluding hydrogens is 394 g/mol. The topological polar surface area (TPSA) is 95.1 Å². The molecule has 3 rings (SSSR count). The Bertz CT molecular complexity index is 856. The molecule has 158 valence electrons. The van der Waals surface area contributed by atoms with E-state index in [1.54, 1.807) is 29.2 Å². The molecule has 0 aliphatic carbocycles. The maximum absolute atomic E-state index is 12.5. The van der Waals surface area contributed by atoms with Gasteiger partial charge >= 0.3 is 0 Å². The van der Waals surface area contributed by atoms with Gasteiger partial charge in [0.15, 0.2) is 0 Å². The number of rotatable bonds is 8. The third-order valence-electron chi connectivity index (χ3n) is 5.39. The van der Waals surface area contributed by atoms with Crippen molar-refractivity contribution in [3.05, 3.63) is 35.4 Å². The van der Waals surface area contributed by atoms with E-state index in [2.05, 4.69) is 0 Å². The number of carbonyl (C=O) groups excluding carboxylic acids is 3. The fourth-order valence-corrected chi connectivity index (χ4v) is 5.29. The Hall–Kier alpha value is -2.26. The average molecular weight is 422 g/mol. The summed E-state index contributed by atoms with van der Waals surface area (Å²) >= 11 is 0. The Morgan fingerprint density at radius 1 is 0.966 bits per heavy atom. The molecule has 3 amide bonds. The second-order valence-electron chi connectivity index (χ2n) is 7.36. The zero-order valence-electron chi connectivity index (χ0n) is 16.7. The molecule has 0 radical (unpaired) electrons. The number of fused-ring (bicyclic) bond motifs is 1. The Morgan fingerprint density at radius 3 is 2.10 bits per heavy atom. The van der Waals surface area contributed by atoms with Crippen molar-refractivity contribution in [3.8, 4) is 0 Å². The fourth-order valence-electron chi connectivity index (χ4n) is 3.66. The lowest BCUT2D eigenvalue weighted by atomic mass is 10.1. The van der Waals surface area contributed by atoms with E-state index in [0.717, 1.165) is 6.42 Å². The summed E-state index contributed by atoms with van der Waals surface area (Å²) in [5, 5.41) is 0. The van der Waals surface area contributed by atoms with Gasteiger partial charge in [0.25, 0.3) is 11.8 Å². The molecule has 1 saturated heterocycles. The van der Waals surface area contributed by atoms with Crippen LogP contribution in [0.2, 0.25) is 0 Å². The minimum atomic E-state index is -3.25. The average Bonchev–Trinajstić information content (AvgIpc) is 2.97. The number of carbonyl (C=O) groups is 3. The molecule has 0 N–H and O–H groups in total. The maximum Gasteiger partial charge on any atom is 0.261 e. The highest BCUT2D eigenvalue weighted by Crippen LogP contribution is 2.22. The quantitative estimate of drug-likeness (QED) is 0.590. The predicted molar refractivity (Wildman–Crippen MR) is 108 cm³/mol. The number of benzene rings is 1. The van der Waals surface area contributed by atoms with Crippen LogP contribution in [0.15, 0.2) is 24.3 Å². The molecular formula is C20H27N3O5S. The van der Waals surface area contributed by atoms with E-state index in [-0.39, 0.29) is 36.4 Å². The van der Waals surface area contributed by atoms with E-state index in [4.69, 9.17) is 0 Å². The van der Waals surface area contributed by atoms with Crippen LogP contribution >= 0.6 is 0 Å². The van der Waals surface area contributed by atoms with Crippen molar-refractivity contribution >= 4 is 27.7 Å². The van der Waals surface area contributed by atoms with Crippen molar-refractivity contribution in [1.82, 2.24) is 14.1 Å². The highest BCUT2D eigenvalue weighted by Gasteiger charge is 2.35. The second-order valence-corrected chi connectivity index (χ2v) is 9.45. The molecule has 1 aromatic carbocycles. The van der Waals surface area contributed by atoms with Crippen LogP contribution < -0.4 is 0 Å². The van der Waals surface area contributed by atoms with Crippen molar-refractivity contribution in [2.75, 3.05) is 38.5 Å². The number of piperazine rings is 1. The smallest absolute Gasteiger partial charge is 0.261 e. The zero-order valence-corrected chi connectivity index (χ0v) is 17.5. The van der Waals surface area contributed by atoms with Crippen LogP contribution in [-0.4, -0.2) is 78.7 Å². The summed E-state index contributed by atoms with van der Waals surface area (Å²) < 4.78 is 26.0. The lowest BCUT2D eigenvalue weighted by Crippen LogP contribution is -2.51. The summed E-state index contributed by atoms with van der Waals surface area (Å²) in [5.41, 5.74) is 0.813. The molecule has 0 saturated carbocycles. The van der Waals surface area contributed by atoms with E-state index in [1.165, 1.54) is 9.21 Å². The molecule has 0 aromatic heterocycles. The van der Waals surface area contributed by atoms with Gasteiger partial charge in [-0.1, -0.05) is 25.5 Å². The van der Waals surface area contributed by atoms with Crippen LogP contribution in [0.25, 0.3) is 0 Å². The summed E-state index contributed by atoms with van der Waals surface area (Å²) in [6, 6.07) is 6.71. The van der Waals surface area contributed by atoms with Crippen molar-refractivity contribution < 1.29 is 22.8 Å². The Balaban J connectivity index is 1.45. The Kier molecular flexibility index (Phi) is 6.69. The number of hydrogen-bond donors (Lipinski definition) is 0. The molecule has 2 aliphatic rings. The Labute approximate surface area is 171 Å². The maximum atomic E-state index is 12.5. The van der Waals surface area contributed by atoms with Gasteiger partial charge in [-0.15, -0.1) is 0 Å². The van der Waals surface area contributed by atoms with Gasteiger partial charge in [-0.3, -0.25) is 19.3 Å². The van der Waals surface area contributed by atoms with Crippen molar-refractivity contribution in [3.63, 3.8) is 0 Å². The number of amides is 3. The molecule has 9 heteroatoms. The van der Waals surface area contributed by atoms with Crippen molar-refractivity contribution in [2.24, 2.45) is 0 Å². The van der Waals surface area contributed by atoms with Crippen molar-refractivity contribution in [1.29, 1.82) is 0 Å². The number of unbranched alkanes of at least 4 members (excludes halogenated alkanes) is 1. The number of imide groups is 1. The third kappa shape index (κ3) is 4.67. The van der Waals surface area contributed by atoms with Crippen LogP contribution in [0.5, 0.6) is 0 Å². The van der Waals surface area contributed by atoms with Gasteiger partial charge < -0.3 is 4.90 Å². The summed E-state index contributed by atoms with van der Waals surface area (Å²) in [7, 11) is -3.25. The van der Waals surface area contributed by atoms with E-state index in [0.29, 0.717) is 50.1 Å². The van der Waals surface area contributed by atoms with Gasteiger partial charge in [0.2, 0.25) is 15.9 Å². The molecule has 0 spiro atoms. The molecule has 0 bridgehead atoms. The van der Waals surface area contributed by atoms with Gasteiger partial charge in [0.05, 0.1) is 16.9 Å². The van der Waals surface area contributed by atoms with Crippen molar-refractivity contribution in [2.45, 2.75) is 32.6 Å². The first-order chi connectivity index (χ1) is 13.8. The first-order valence-corrected chi connectivity index (χ1v) is 11.7. The SMILES string of the molecule is CCCCS(=O)(=O)N1CCN(C(=O)CCCN2C(=O)c3ccccc3C2=O)CC1. The Morgan fingerprint density at radius 2 is 1.55 bits per heavy atom.